The van der Waals surface area contributed by atoms with E-state index in [-0.39, 0.29) is 24.2 Å². The van der Waals surface area contributed by atoms with Crippen molar-refractivity contribution in [1.29, 1.82) is 0 Å². The van der Waals surface area contributed by atoms with Gasteiger partial charge in [-0.1, -0.05) is 24.3 Å². The van der Waals surface area contributed by atoms with E-state index in [2.05, 4.69) is 10.1 Å². The number of rotatable bonds is 7. The number of alkyl halides is 3. The number of benzene rings is 3. The maximum atomic E-state index is 13.2. The Kier molecular flexibility index (Phi) is 7.33. The molecule has 0 radical (unpaired) electrons. The Morgan fingerprint density at radius 1 is 0.972 bits per heavy atom. The molecule has 1 aliphatic rings. The lowest BCUT2D eigenvalue weighted by molar-refractivity contribution is -0.274. The Balaban J connectivity index is 1.45. The van der Waals surface area contributed by atoms with Crippen molar-refractivity contribution in [2.75, 3.05) is 30.4 Å². The first-order chi connectivity index (χ1) is 17.2. The third kappa shape index (κ3) is 6.26. The molecule has 0 spiro atoms. The van der Waals surface area contributed by atoms with Crippen LogP contribution in [0.2, 0.25) is 0 Å². The summed E-state index contributed by atoms with van der Waals surface area (Å²) >= 11 is 0. The molecule has 0 aliphatic carbocycles. The zero-order chi connectivity index (χ0) is 25.7. The van der Waals surface area contributed by atoms with E-state index in [0.29, 0.717) is 47.8 Å². The first kappa shape index (κ1) is 24.9. The molecule has 7 nitrogen and oxygen atoms in total. The average Bonchev–Trinajstić information content (AvgIpc) is 2.85. The molecule has 1 N–H and O–H groups in total. The number of methoxy groups -OCH3 is 1. The van der Waals surface area contributed by atoms with Gasteiger partial charge in [0, 0.05) is 36.6 Å². The maximum Gasteiger partial charge on any atom is 0.573 e. The second-order valence-electron chi connectivity index (χ2n) is 8.14. The van der Waals surface area contributed by atoms with Gasteiger partial charge in [0.1, 0.15) is 11.5 Å². The summed E-state index contributed by atoms with van der Waals surface area (Å²) in [6.07, 6.45) is -4.12. The van der Waals surface area contributed by atoms with E-state index >= 15 is 0 Å². The number of amides is 3. The Labute approximate surface area is 206 Å². The summed E-state index contributed by atoms with van der Waals surface area (Å²) in [6.45, 7) is 1.07. The molecule has 188 valence electrons. The zero-order valence-corrected chi connectivity index (χ0v) is 19.4. The van der Waals surface area contributed by atoms with Gasteiger partial charge in [0.2, 0.25) is 0 Å². The largest absolute Gasteiger partial charge is 0.573 e. The number of halogens is 3. The van der Waals surface area contributed by atoms with Crippen LogP contribution in [-0.2, 0) is 6.54 Å². The summed E-state index contributed by atoms with van der Waals surface area (Å²) in [6, 6.07) is 19.0. The molecule has 1 fully saturated rings. The topological polar surface area (TPSA) is 71.1 Å². The van der Waals surface area contributed by atoms with Crippen LogP contribution in [0.1, 0.15) is 22.3 Å². The lowest BCUT2D eigenvalue weighted by Gasteiger charge is -2.36. The highest BCUT2D eigenvalue weighted by molar-refractivity contribution is 6.05. The van der Waals surface area contributed by atoms with Crippen LogP contribution in [0.3, 0.4) is 0 Å². The summed E-state index contributed by atoms with van der Waals surface area (Å²) in [5.74, 6) is -0.0923. The number of hydrogen-bond acceptors (Lipinski definition) is 4. The average molecular weight is 499 g/mol. The highest BCUT2D eigenvalue weighted by Crippen LogP contribution is 2.27. The summed E-state index contributed by atoms with van der Waals surface area (Å²) in [4.78, 5) is 29.0. The van der Waals surface area contributed by atoms with Crippen LogP contribution >= 0.6 is 0 Å². The predicted octanol–water partition coefficient (Wildman–Crippen LogP) is 5.68. The third-order valence-electron chi connectivity index (χ3n) is 5.56. The molecule has 3 aromatic carbocycles. The lowest BCUT2D eigenvalue weighted by atomic mass is 10.1. The van der Waals surface area contributed by atoms with Crippen molar-refractivity contribution in [2.45, 2.75) is 19.3 Å². The molecule has 4 rings (SSSR count). The Hall–Kier alpha value is -4.21. The van der Waals surface area contributed by atoms with Crippen LogP contribution < -0.4 is 19.7 Å². The fourth-order valence-electron chi connectivity index (χ4n) is 3.95. The van der Waals surface area contributed by atoms with Crippen molar-refractivity contribution in [3.8, 4) is 11.5 Å². The van der Waals surface area contributed by atoms with E-state index < -0.39 is 6.36 Å². The van der Waals surface area contributed by atoms with Crippen LogP contribution in [0.5, 0.6) is 11.5 Å². The molecule has 0 unspecified atom stereocenters. The molecule has 3 aromatic rings. The van der Waals surface area contributed by atoms with Crippen molar-refractivity contribution in [2.24, 2.45) is 0 Å². The number of carbonyl (C=O) groups excluding carboxylic acids is 2. The number of anilines is 2. The van der Waals surface area contributed by atoms with Gasteiger partial charge >= 0.3 is 12.4 Å². The summed E-state index contributed by atoms with van der Waals surface area (Å²) < 4.78 is 46.8. The maximum absolute atomic E-state index is 13.2. The van der Waals surface area contributed by atoms with Crippen LogP contribution in [0.4, 0.5) is 29.3 Å². The molecule has 0 saturated carbocycles. The molecular formula is C26H24F3N3O4. The Morgan fingerprint density at radius 3 is 2.50 bits per heavy atom. The van der Waals surface area contributed by atoms with Crippen molar-refractivity contribution in [3.63, 3.8) is 0 Å². The Morgan fingerprint density at radius 2 is 1.72 bits per heavy atom. The SMILES string of the molecule is COc1cccc(C(=O)Nc2cccc(N3CCCN(Cc4cccc(OC(F)(F)F)c4)C3=O)c2)c1. The standard InChI is InChI=1S/C26H24F3N3O4/c1-35-22-10-3-7-19(15-22)24(33)30-20-8-4-9-21(16-20)32-13-5-12-31(25(32)34)17-18-6-2-11-23(14-18)36-26(27,28)29/h2-4,6-11,14-16H,5,12-13,17H2,1H3,(H,30,33). The Bertz CT molecular complexity index is 1250. The third-order valence-corrected chi connectivity index (χ3v) is 5.56. The minimum atomic E-state index is -4.79. The first-order valence-corrected chi connectivity index (χ1v) is 11.2. The second kappa shape index (κ2) is 10.6. The van der Waals surface area contributed by atoms with Gasteiger partial charge in [0.05, 0.1) is 7.11 Å². The molecule has 3 amide bonds. The van der Waals surface area contributed by atoms with E-state index in [4.69, 9.17) is 4.74 Å². The van der Waals surface area contributed by atoms with Gasteiger partial charge in [-0.3, -0.25) is 9.69 Å². The second-order valence-corrected chi connectivity index (χ2v) is 8.14. The molecule has 1 saturated heterocycles. The highest BCUT2D eigenvalue weighted by Gasteiger charge is 2.31. The smallest absolute Gasteiger partial charge is 0.497 e. The predicted molar refractivity (Wildman–Crippen MR) is 128 cm³/mol. The van der Waals surface area contributed by atoms with Gasteiger partial charge in [-0.2, -0.15) is 0 Å². The van der Waals surface area contributed by atoms with E-state index in [1.165, 1.54) is 25.3 Å². The van der Waals surface area contributed by atoms with Crippen molar-refractivity contribution < 1.29 is 32.2 Å². The van der Waals surface area contributed by atoms with Crippen LogP contribution in [0.15, 0.2) is 72.8 Å². The minimum absolute atomic E-state index is 0.136. The summed E-state index contributed by atoms with van der Waals surface area (Å²) in [5, 5.41) is 2.83. The number of nitrogens with zero attached hydrogens (tertiary/aromatic N) is 2. The number of hydrogen-bond donors (Lipinski definition) is 1. The number of carbonyl (C=O) groups is 2. The summed E-state index contributed by atoms with van der Waals surface area (Å²) in [5.41, 5.74) is 2.06. The van der Waals surface area contributed by atoms with Gasteiger partial charge in [-0.15, -0.1) is 13.2 Å². The van der Waals surface area contributed by atoms with Gasteiger partial charge in [0.25, 0.3) is 5.91 Å². The summed E-state index contributed by atoms with van der Waals surface area (Å²) in [7, 11) is 1.52. The van der Waals surface area contributed by atoms with Gasteiger partial charge in [0.15, 0.2) is 0 Å². The molecule has 1 aliphatic heterocycles. The van der Waals surface area contributed by atoms with Crippen molar-refractivity contribution in [3.05, 3.63) is 83.9 Å². The van der Waals surface area contributed by atoms with Crippen LogP contribution in [0, 0.1) is 0 Å². The molecule has 0 atom stereocenters. The number of ether oxygens (including phenoxy) is 2. The minimum Gasteiger partial charge on any atom is -0.497 e. The van der Waals surface area contributed by atoms with Crippen molar-refractivity contribution >= 4 is 23.3 Å². The lowest BCUT2D eigenvalue weighted by Crippen LogP contribution is -2.49. The number of urea groups is 1. The van der Waals surface area contributed by atoms with Crippen LogP contribution in [0.25, 0.3) is 0 Å². The van der Waals surface area contributed by atoms with Gasteiger partial charge in [-0.05, 0) is 60.5 Å². The molecule has 36 heavy (non-hydrogen) atoms. The van der Waals surface area contributed by atoms with E-state index in [9.17, 15) is 22.8 Å². The fraction of sp³-hybridized carbons (Fsp3) is 0.231. The normalized spacial score (nSPS) is 13.9. The highest BCUT2D eigenvalue weighted by atomic mass is 19.4. The fourth-order valence-corrected chi connectivity index (χ4v) is 3.95. The van der Waals surface area contributed by atoms with Gasteiger partial charge in [-0.25, -0.2) is 4.79 Å². The van der Waals surface area contributed by atoms with Crippen LogP contribution in [-0.4, -0.2) is 43.4 Å². The molecule has 0 bridgehead atoms. The van der Waals surface area contributed by atoms with E-state index in [0.717, 1.165) is 0 Å². The van der Waals surface area contributed by atoms with Crippen molar-refractivity contribution in [1.82, 2.24) is 4.90 Å². The number of nitrogens with one attached hydrogen (secondary N) is 1. The van der Waals surface area contributed by atoms with Gasteiger partial charge < -0.3 is 19.7 Å². The zero-order valence-electron chi connectivity index (χ0n) is 19.4. The molecule has 1 heterocycles. The monoisotopic (exact) mass is 499 g/mol. The molecule has 10 heteroatoms. The van der Waals surface area contributed by atoms with E-state index in [1.54, 1.807) is 64.4 Å². The first-order valence-electron chi connectivity index (χ1n) is 11.2. The van der Waals surface area contributed by atoms with E-state index in [1.807, 2.05) is 0 Å². The molecule has 0 aromatic heterocycles. The quantitative estimate of drug-likeness (QED) is 0.454. The molecular weight excluding hydrogens is 475 g/mol.